The topological polar surface area (TPSA) is 67.5 Å². The molecule has 1 N–H and O–H groups in total. The van der Waals surface area contributed by atoms with Gasteiger partial charge in [0.1, 0.15) is 5.71 Å². The van der Waals surface area contributed by atoms with Crippen molar-refractivity contribution in [2.45, 2.75) is 46.1 Å². The van der Waals surface area contributed by atoms with Gasteiger partial charge in [-0.1, -0.05) is 18.5 Å². The zero-order valence-electron chi connectivity index (χ0n) is 10.2. The number of rotatable bonds is 2. The van der Waals surface area contributed by atoms with E-state index in [2.05, 4.69) is 10.1 Å². The predicted octanol–water partition coefficient (Wildman–Crippen LogP) is 1.48. The molecule has 0 fully saturated rings. The third-order valence-electron chi connectivity index (χ3n) is 3.14. The van der Waals surface area contributed by atoms with Crippen molar-refractivity contribution in [1.82, 2.24) is 9.55 Å². The molecule has 0 amide bonds. The second-order valence-electron chi connectivity index (χ2n) is 4.36. The lowest BCUT2D eigenvalue weighted by Crippen LogP contribution is -2.34. The van der Waals surface area contributed by atoms with Gasteiger partial charge in [0.2, 0.25) is 0 Å². The van der Waals surface area contributed by atoms with E-state index in [1.54, 1.807) is 4.57 Å². The molecule has 0 atom stereocenters. The molecule has 0 saturated heterocycles. The Bertz CT molecular complexity index is 517. The normalized spacial score (nSPS) is 17.2. The van der Waals surface area contributed by atoms with Crippen LogP contribution in [0.4, 0.5) is 0 Å². The standard InChI is InChI=1S/C12H17N3O2/c1-3-5-9-8(2)13-11-10(14-17)6-4-7-15(11)12(9)16/h17H,3-7H2,1-2H3/b14-10+. The number of oxime groups is 1. The Morgan fingerprint density at radius 1 is 1.53 bits per heavy atom. The molecule has 1 aromatic heterocycles. The van der Waals surface area contributed by atoms with Gasteiger partial charge in [-0.05, 0) is 26.2 Å². The van der Waals surface area contributed by atoms with E-state index >= 15 is 0 Å². The van der Waals surface area contributed by atoms with E-state index in [9.17, 15) is 4.79 Å². The molecule has 17 heavy (non-hydrogen) atoms. The van der Waals surface area contributed by atoms with Crippen LogP contribution < -0.4 is 5.56 Å². The molecule has 2 heterocycles. The molecule has 92 valence electrons. The Morgan fingerprint density at radius 3 is 2.94 bits per heavy atom. The summed E-state index contributed by atoms with van der Waals surface area (Å²) in [7, 11) is 0. The highest BCUT2D eigenvalue weighted by atomic mass is 16.4. The van der Waals surface area contributed by atoms with Crippen molar-refractivity contribution in [3.8, 4) is 0 Å². The average molecular weight is 235 g/mol. The van der Waals surface area contributed by atoms with E-state index in [1.807, 2.05) is 13.8 Å². The molecule has 0 bridgehead atoms. The molecule has 0 aliphatic carbocycles. The van der Waals surface area contributed by atoms with Crippen LogP contribution in [0, 0.1) is 6.92 Å². The van der Waals surface area contributed by atoms with Gasteiger partial charge in [-0.2, -0.15) is 0 Å². The molecule has 1 aliphatic rings. The number of aromatic nitrogens is 2. The maximum Gasteiger partial charge on any atom is 0.257 e. The van der Waals surface area contributed by atoms with Crippen molar-refractivity contribution in [2.24, 2.45) is 5.16 Å². The molecule has 5 heteroatoms. The summed E-state index contributed by atoms with van der Waals surface area (Å²) in [6.45, 7) is 4.55. The maximum atomic E-state index is 12.3. The first kappa shape index (κ1) is 11.8. The average Bonchev–Trinajstić information content (AvgIpc) is 2.34. The van der Waals surface area contributed by atoms with Crippen LogP contribution in [0.1, 0.15) is 43.3 Å². The van der Waals surface area contributed by atoms with Crippen LogP contribution in [0.3, 0.4) is 0 Å². The maximum absolute atomic E-state index is 12.3. The highest BCUT2D eigenvalue weighted by molar-refractivity contribution is 5.97. The molecule has 1 aliphatic heterocycles. The van der Waals surface area contributed by atoms with E-state index in [0.717, 1.165) is 30.5 Å². The van der Waals surface area contributed by atoms with Gasteiger partial charge in [0.05, 0.1) is 0 Å². The summed E-state index contributed by atoms with van der Waals surface area (Å²) in [5.41, 5.74) is 2.08. The van der Waals surface area contributed by atoms with Crippen molar-refractivity contribution in [2.75, 3.05) is 0 Å². The first-order chi connectivity index (χ1) is 8.19. The van der Waals surface area contributed by atoms with Crippen molar-refractivity contribution in [3.63, 3.8) is 0 Å². The van der Waals surface area contributed by atoms with Crippen LogP contribution in [-0.4, -0.2) is 20.5 Å². The molecule has 0 radical (unpaired) electrons. The fourth-order valence-corrected chi connectivity index (χ4v) is 2.28. The summed E-state index contributed by atoms with van der Waals surface area (Å²) < 4.78 is 1.64. The lowest BCUT2D eigenvalue weighted by atomic mass is 10.1. The van der Waals surface area contributed by atoms with Gasteiger partial charge < -0.3 is 5.21 Å². The Hall–Kier alpha value is -1.65. The van der Waals surface area contributed by atoms with Gasteiger partial charge in [0.25, 0.3) is 5.56 Å². The van der Waals surface area contributed by atoms with Crippen molar-refractivity contribution < 1.29 is 5.21 Å². The second kappa shape index (κ2) is 4.69. The van der Waals surface area contributed by atoms with Gasteiger partial charge in [-0.15, -0.1) is 0 Å². The smallest absolute Gasteiger partial charge is 0.257 e. The zero-order chi connectivity index (χ0) is 12.4. The lowest BCUT2D eigenvalue weighted by molar-refractivity contribution is 0.315. The zero-order valence-corrected chi connectivity index (χ0v) is 10.2. The third kappa shape index (κ3) is 1.97. The molecule has 5 nitrogen and oxygen atoms in total. The molecule has 0 aromatic carbocycles. The molecule has 0 saturated carbocycles. The van der Waals surface area contributed by atoms with Gasteiger partial charge in [-0.3, -0.25) is 9.36 Å². The summed E-state index contributed by atoms with van der Waals surface area (Å²) in [4.78, 5) is 16.7. The SMILES string of the molecule is CCCc1c(C)nc2n(c1=O)CCC/C2=N\O. The Morgan fingerprint density at radius 2 is 2.29 bits per heavy atom. The Balaban J connectivity index is 2.63. The molecule has 0 unspecified atom stereocenters. The number of hydrogen-bond donors (Lipinski definition) is 1. The first-order valence-electron chi connectivity index (χ1n) is 6.00. The van der Waals surface area contributed by atoms with Gasteiger partial charge in [0.15, 0.2) is 5.82 Å². The van der Waals surface area contributed by atoms with Crippen LogP contribution in [0.5, 0.6) is 0 Å². The number of nitrogens with zero attached hydrogens (tertiary/aromatic N) is 3. The summed E-state index contributed by atoms with van der Waals surface area (Å²) in [5, 5.41) is 12.2. The first-order valence-corrected chi connectivity index (χ1v) is 6.00. The summed E-state index contributed by atoms with van der Waals surface area (Å²) in [5.74, 6) is 0.529. The summed E-state index contributed by atoms with van der Waals surface area (Å²) in [6.07, 6.45) is 3.18. The van der Waals surface area contributed by atoms with E-state index in [1.165, 1.54) is 0 Å². The minimum absolute atomic E-state index is 0.0233. The van der Waals surface area contributed by atoms with E-state index in [0.29, 0.717) is 24.5 Å². The minimum Gasteiger partial charge on any atom is -0.411 e. The highest BCUT2D eigenvalue weighted by Gasteiger charge is 2.21. The Kier molecular flexibility index (Phi) is 3.26. The van der Waals surface area contributed by atoms with Crippen LogP contribution >= 0.6 is 0 Å². The van der Waals surface area contributed by atoms with Crippen molar-refractivity contribution in [1.29, 1.82) is 0 Å². The highest BCUT2D eigenvalue weighted by Crippen LogP contribution is 2.14. The second-order valence-corrected chi connectivity index (χ2v) is 4.36. The molecular formula is C12H17N3O2. The molecule has 2 rings (SSSR count). The number of aryl methyl sites for hydroxylation is 1. The third-order valence-corrected chi connectivity index (χ3v) is 3.14. The fourth-order valence-electron chi connectivity index (χ4n) is 2.28. The van der Waals surface area contributed by atoms with Crippen molar-refractivity contribution >= 4 is 5.71 Å². The van der Waals surface area contributed by atoms with Gasteiger partial charge in [0, 0.05) is 17.8 Å². The van der Waals surface area contributed by atoms with Gasteiger partial charge in [-0.25, -0.2) is 4.98 Å². The molecular weight excluding hydrogens is 218 g/mol. The monoisotopic (exact) mass is 235 g/mol. The number of fused-ring (bicyclic) bond motifs is 1. The minimum atomic E-state index is 0.0233. The van der Waals surface area contributed by atoms with Crippen molar-refractivity contribution in [3.05, 3.63) is 27.4 Å². The van der Waals surface area contributed by atoms with E-state index in [-0.39, 0.29) is 5.56 Å². The van der Waals surface area contributed by atoms with E-state index < -0.39 is 0 Å². The predicted molar refractivity (Wildman–Crippen MR) is 64.8 cm³/mol. The van der Waals surface area contributed by atoms with Gasteiger partial charge >= 0.3 is 0 Å². The summed E-state index contributed by atoms with van der Waals surface area (Å²) >= 11 is 0. The summed E-state index contributed by atoms with van der Waals surface area (Å²) in [6, 6.07) is 0. The van der Waals surface area contributed by atoms with Crippen LogP contribution in [-0.2, 0) is 13.0 Å². The molecule has 1 aromatic rings. The fraction of sp³-hybridized carbons (Fsp3) is 0.583. The lowest BCUT2D eigenvalue weighted by Gasteiger charge is -2.20. The van der Waals surface area contributed by atoms with Crippen LogP contribution in [0.25, 0.3) is 0 Å². The van der Waals surface area contributed by atoms with Crippen LogP contribution in [0.2, 0.25) is 0 Å². The largest absolute Gasteiger partial charge is 0.411 e. The Labute approximate surface area is 99.8 Å². The van der Waals surface area contributed by atoms with Crippen LogP contribution in [0.15, 0.2) is 9.95 Å². The molecule has 0 spiro atoms. The quantitative estimate of drug-likeness (QED) is 0.623. The van der Waals surface area contributed by atoms with E-state index in [4.69, 9.17) is 5.21 Å². The number of hydrogen-bond acceptors (Lipinski definition) is 4.